The average Bonchev–Trinajstić information content (AvgIpc) is 2.93. The maximum absolute atomic E-state index is 13.5. The van der Waals surface area contributed by atoms with Gasteiger partial charge in [0, 0.05) is 11.5 Å². The zero-order valence-corrected chi connectivity index (χ0v) is 11.5. The number of nitrogens with one attached hydrogen (secondary N) is 1. The zero-order chi connectivity index (χ0) is 15.7. The Morgan fingerprint density at radius 1 is 1.14 bits per heavy atom. The first-order valence-corrected chi connectivity index (χ1v) is 6.41. The Hall–Kier alpha value is -2.89. The van der Waals surface area contributed by atoms with Crippen LogP contribution in [0.15, 0.2) is 46.9 Å². The minimum Gasteiger partial charge on any atom is -0.497 e. The van der Waals surface area contributed by atoms with Gasteiger partial charge in [-0.3, -0.25) is 4.79 Å². The third kappa shape index (κ3) is 2.63. The maximum atomic E-state index is 13.5. The first-order chi connectivity index (χ1) is 10.6. The summed E-state index contributed by atoms with van der Waals surface area (Å²) in [6, 6.07) is 9.51. The van der Waals surface area contributed by atoms with E-state index in [9.17, 15) is 13.6 Å². The molecule has 0 atom stereocenters. The molecule has 0 fully saturated rings. The lowest BCUT2D eigenvalue weighted by molar-refractivity contribution is 0.0998. The van der Waals surface area contributed by atoms with Gasteiger partial charge in [0.2, 0.25) is 0 Å². The van der Waals surface area contributed by atoms with Crippen LogP contribution in [-0.2, 0) is 0 Å². The molecule has 0 spiro atoms. The van der Waals surface area contributed by atoms with Crippen molar-refractivity contribution in [2.24, 2.45) is 0 Å². The van der Waals surface area contributed by atoms with Crippen LogP contribution in [0.1, 0.15) is 10.6 Å². The van der Waals surface area contributed by atoms with Crippen molar-refractivity contribution in [2.45, 2.75) is 0 Å². The Bertz CT molecular complexity index is 858. The summed E-state index contributed by atoms with van der Waals surface area (Å²) in [6.07, 6.45) is 0. The minimum absolute atomic E-state index is 0.0204. The summed E-state index contributed by atoms with van der Waals surface area (Å²) in [4.78, 5) is 12.1. The van der Waals surface area contributed by atoms with E-state index in [1.165, 1.54) is 13.2 Å². The van der Waals surface area contributed by atoms with E-state index in [1.807, 2.05) is 0 Å². The molecule has 0 aliphatic carbocycles. The van der Waals surface area contributed by atoms with Crippen LogP contribution in [0, 0.1) is 11.6 Å². The third-order valence-electron chi connectivity index (χ3n) is 3.13. The Kier molecular flexibility index (Phi) is 3.50. The highest BCUT2D eigenvalue weighted by Crippen LogP contribution is 2.25. The molecule has 6 heteroatoms. The molecule has 1 amide bonds. The summed E-state index contributed by atoms with van der Waals surface area (Å²) < 4.78 is 36.9. The van der Waals surface area contributed by atoms with Crippen LogP contribution in [0.2, 0.25) is 0 Å². The summed E-state index contributed by atoms with van der Waals surface area (Å²) in [7, 11) is 1.53. The van der Waals surface area contributed by atoms with Crippen LogP contribution < -0.4 is 10.1 Å². The van der Waals surface area contributed by atoms with Crippen LogP contribution in [0.25, 0.3) is 11.0 Å². The molecule has 0 radical (unpaired) electrons. The van der Waals surface area contributed by atoms with Crippen molar-refractivity contribution in [3.63, 3.8) is 0 Å². The molecule has 0 saturated carbocycles. The highest BCUT2D eigenvalue weighted by Gasteiger charge is 2.15. The van der Waals surface area contributed by atoms with E-state index in [2.05, 4.69) is 5.32 Å². The molecule has 1 N–H and O–H groups in total. The van der Waals surface area contributed by atoms with Crippen LogP contribution in [0.3, 0.4) is 0 Å². The van der Waals surface area contributed by atoms with Gasteiger partial charge in [0.05, 0.1) is 12.8 Å². The molecule has 4 nitrogen and oxygen atoms in total. The highest BCUT2D eigenvalue weighted by atomic mass is 19.1. The number of carbonyl (C=O) groups is 1. The quantitative estimate of drug-likeness (QED) is 0.796. The second-order valence-corrected chi connectivity index (χ2v) is 4.59. The van der Waals surface area contributed by atoms with Gasteiger partial charge in [0.1, 0.15) is 23.0 Å². The predicted molar refractivity (Wildman–Crippen MR) is 77.1 cm³/mol. The van der Waals surface area contributed by atoms with Crippen LogP contribution in [-0.4, -0.2) is 13.0 Å². The Morgan fingerprint density at radius 2 is 1.95 bits per heavy atom. The van der Waals surface area contributed by atoms with Gasteiger partial charge in [0.15, 0.2) is 5.76 Å². The van der Waals surface area contributed by atoms with E-state index in [0.717, 1.165) is 12.1 Å². The number of anilines is 1. The average molecular weight is 303 g/mol. The van der Waals surface area contributed by atoms with E-state index < -0.39 is 17.5 Å². The van der Waals surface area contributed by atoms with E-state index in [0.29, 0.717) is 22.8 Å². The molecule has 3 rings (SSSR count). The Labute approximate surface area is 124 Å². The summed E-state index contributed by atoms with van der Waals surface area (Å²) in [6.45, 7) is 0. The molecule has 112 valence electrons. The fourth-order valence-electron chi connectivity index (χ4n) is 2.04. The molecule has 0 aliphatic heterocycles. The maximum Gasteiger partial charge on any atom is 0.291 e. The number of ether oxygens (including phenoxy) is 1. The predicted octanol–water partition coefficient (Wildman–Crippen LogP) is 3.97. The van der Waals surface area contributed by atoms with Gasteiger partial charge in [-0.1, -0.05) is 0 Å². The number of hydrogen-bond acceptors (Lipinski definition) is 3. The van der Waals surface area contributed by atoms with E-state index in [1.54, 1.807) is 18.2 Å². The Balaban J connectivity index is 1.88. The molecule has 0 aliphatic rings. The standard InChI is InChI=1S/C16H11F2NO3/c1-21-11-3-5-14-9(6-11)7-15(22-14)16(20)19-13-4-2-10(17)8-12(13)18/h2-8H,1H3,(H,19,20). The van der Waals surface area contributed by atoms with E-state index in [-0.39, 0.29) is 11.4 Å². The van der Waals surface area contributed by atoms with Crippen molar-refractivity contribution < 1.29 is 22.7 Å². The largest absolute Gasteiger partial charge is 0.497 e. The van der Waals surface area contributed by atoms with Gasteiger partial charge in [-0.15, -0.1) is 0 Å². The number of rotatable bonds is 3. The van der Waals surface area contributed by atoms with E-state index in [4.69, 9.17) is 9.15 Å². The number of carbonyl (C=O) groups excluding carboxylic acids is 1. The molecule has 3 aromatic rings. The lowest BCUT2D eigenvalue weighted by Gasteiger charge is -2.04. The first-order valence-electron chi connectivity index (χ1n) is 6.41. The lowest BCUT2D eigenvalue weighted by Crippen LogP contribution is -2.12. The third-order valence-corrected chi connectivity index (χ3v) is 3.13. The number of fused-ring (bicyclic) bond motifs is 1. The molecular formula is C16H11F2NO3. The lowest BCUT2D eigenvalue weighted by atomic mass is 10.2. The van der Waals surface area contributed by atoms with Crippen molar-refractivity contribution in [1.29, 1.82) is 0 Å². The van der Waals surface area contributed by atoms with Crippen LogP contribution >= 0.6 is 0 Å². The van der Waals surface area contributed by atoms with Gasteiger partial charge in [-0.25, -0.2) is 8.78 Å². The molecule has 0 unspecified atom stereocenters. The second-order valence-electron chi connectivity index (χ2n) is 4.59. The topological polar surface area (TPSA) is 51.5 Å². The Morgan fingerprint density at radius 3 is 2.68 bits per heavy atom. The SMILES string of the molecule is COc1ccc2oc(C(=O)Nc3ccc(F)cc3F)cc2c1. The molecule has 2 aromatic carbocycles. The van der Waals surface area contributed by atoms with Gasteiger partial charge in [0.25, 0.3) is 5.91 Å². The van der Waals surface area contributed by atoms with E-state index >= 15 is 0 Å². The van der Waals surface area contributed by atoms with Gasteiger partial charge in [-0.05, 0) is 36.4 Å². The summed E-state index contributed by atoms with van der Waals surface area (Å²) >= 11 is 0. The van der Waals surface area contributed by atoms with Gasteiger partial charge >= 0.3 is 0 Å². The molecule has 22 heavy (non-hydrogen) atoms. The molecule has 1 heterocycles. The minimum atomic E-state index is -0.855. The summed E-state index contributed by atoms with van der Waals surface area (Å²) in [5.41, 5.74) is 0.384. The molecule has 1 aromatic heterocycles. The normalized spacial score (nSPS) is 10.7. The number of furan rings is 1. The van der Waals surface area contributed by atoms with Crippen molar-refractivity contribution in [3.05, 3.63) is 59.9 Å². The monoisotopic (exact) mass is 303 g/mol. The van der Waals surface area contributed by atoms with Gasteiger partial charge < -0.3 is 14.5 Å². The number of hydrogen-bond donors (Lipinski definition) is 1. The van der Waals surface area contributed by atoms with Crippen molar-refractivity contribution in [1.82, 2.24) is 0 Å². The van der Waals surface area contributed by atoms with Gasteiger partial charge in [-0.2, -0.15) is 0 Å². The van der Waals surface area contributed by atoms with Crippen molar-refractivity contribution in [3.8, 4) is 5.75 Å². The highest BCUT2D eigenvalue weighted by molar-refractivity contribution is 6.04. The second kappa shape index (κ2) is 5.48. The number of benzene rings is 2. The summed E-state index contributed by atoms with van der Waals surface area (Å²) in [5, 5.41) is 3.02. The number of methoxy groups -OCH3 is 1. The zero-order valence-electron chi connectivity index (χ0n) is 11.5. The number of amides is 1. The molecular weight excluding hydrogens is 292 g/mol. The first kappa shape index (κ1) is 14.1. The van der Waals surface area contributed by atoms with Crippen LogP contribution in [0.4, 0.5) is 14.5 Å². The smallest absolute Gasteiger partial charge is 0.291 e. The fraction of sp³-hybridized carbons (Fsp3) is 0.0625. The fourth-order valence-corrected chi connectivity index (χ4v) is 2.04. The molecule has 0 saturated heterocycles. The van der Waals surface area contributed by atoms with Crippen molar-refractivity contribution in [2.75, 3.05) is 12.4 Å². The van der Waals surface area contributed by atoms with Crippen LogP contribution in [0.5, 0.6) is 5.75 Å². The molecule has 0 bridgehead atoms. The van der Waals surface area contributed by atoms with Crippen molar-refractivity contribution >= 4 is 22.6 Å². The summed E-state index contributed by atoms with van der Waals surface area (Å²) in [5.74, 6) is -1.55. The number of halogens is 2.